The van der Waals surface area contributed by atoms with Gasteiger partial charge in [0.1, 0.15) is 0 Å². The van der Waals surface area contributed by atoms with Crippen molar-refractivity contribution >= 4 is 17.7 Å². The maximum atomic E-state index is 12.3. The highest BCUT2D eigenvalue weighted by Crippen LogP contribution is 2.32. The van der Waals surface area contributed by atoms with E-state index in [4.69, 9.17) is 0 Å². The van der Waals surface area contributed by atoms with Crippen LogP contribution in [0.2, 0.25) is 0 Å². The molecule has 3 rings (SSSR count). The molecule has 1 aliphatic carbocycles. The minimum atomic E-state index is -0.0789. The smallest absolute Gasteiger partial charge is 0.254 e. The van der Waals surface area contributed by atoms with E-state index in [1.165, 1.54) is 31.3 Å². The minimum absolute atomic E-state index is 0.0244. The van der Waals surface area contributed by atoms with E-state index in [9.17, 15) is 9.59 Å². The van der Waals surface area contributed by atoms with Crippen LogP contribution in [0.4, 0.5) is 0 Å². The first-order chi connectivity index (χ1) is 11.7. The van der Waals surface area contributed by atoms with Crippen molar-refractivity contribution < 1.29 is 4.79 Å². The molecule has 1 aromatic heterocycles. The number of amides is 1. The zero-order chi connectivity index (χ0) is 16.9. The van der Waals surface area contributed by atoms with Gasteiger partial charge in [-0.1, -0.05) is 30.3 Å². The quantitative estimate of drug-likeness (QED) is 0.635. The molecule has 0 saturated carbocycles. The Labute approximate surface area is 146 Å². The second-order valence-electron chi connectivity index (χ2n) is 6.47. The summed E-state index contributed by atoms with van der Waals surface area (Å²) in [7, 11) is 0. The van der Waals surface area contributed by atoms with E-state index in [0.29, 0.717) is 13.0 Å². The number of carbonyl (C=O) groups is 1. The van der Waals surface area contributed by atoms with Crippen LogP contribution >= 0.6 is 11.8 Å². The van der Waals surface area contributed by atoms with Crippen LogP contribution in [0, 0.1) is 0 Å². The van der Waals surface area contributed by atoms with Gasteiger partial charge in [-0.25, -0.2) is 4.98 Å². The molecule has 2 aliphatic rings. The molecule has 5 nitrogen and oxygen atoms in total. The highest BCUT2D eigenvalue weighted by atomic mass is 32.2. The Balaban J connectivity index is 1.53. The molecule has 6 heteroatoms. The van der Waals surface area contributed by atoms with E-state index in [1.54, 1.807) is 22.4 Å². The van der Waals surface area contributed by atoms with Crippen molar-refractivity contribution in [3.05, 3.63) is 33.8 Å². The van der Waals surface area contributed by atoms with Crippen LogP contribution < -0.4 is 10.9 Å². The van der Waals surface area contributed by atoms with Gasteiger partial charge in [0, 0.05) is 30.5 Å². The molecule has 0 aromatic carbocycles. The number of hydrogen-bond donors (Lipinski definition) is 1. The number of aryl methyl sites for hydroxylation is 1. The molecule has 0 radical (unpaired) electrons. The second-order valence-corrected chi connectivity index (χ2v) is 7.46. The van der Waals surface area contributed by atoms with Crippen molar-refractivity contribution in [2.75, 3.05) is 12.3 Å². The van der Waals surface area contributed by atoms with Crippen LogP contribution in [-0.2, 0) is 11.2 Å². The van der Waals surface area contributed by atoms with Gasteiger partial charge in [0.25, 0.3) is 5.56 Å². The summed E-state index contributed by atoms with van der Waals surface area (Å²) in [5.41, 5.74) is 2.26. The molecule has 130 valence electrons. The minimum Gasteiger partial charge on any atom is -0.356 e. The Kier molecular flexibility index (Phi) is 5.76. The van der Waals surface area contributed by atoms with Gasteiger partial charge in [0.05, 0.1) is 6.04 Å². The van der Waals surface area contributed by atoms with Crippen LogP contribution in [0.15, 0.2) is 27.7 Å². The maximum Gasteiger partial charge on any atom is 0.254 e. The first-order valence-electron chi connectivity index (χ1n) is 8.87. The van der Waals surface area contributed by atoms with Crippen molar-refractivity contribution in [1.82, 2.24) is 14.9 Å². The molecule has 1 unspecified atom stereocenters. The molecule has 0 fully saturated rings. The third kappa shape index (κ3) is 4.09. The molecule has 2 heterocycles. The predicted molar refractivity (Wildman–Crippen MR) is 96.4 cm³/mol. The summed E-state index contributed by atoms with van der Waals surface area (Å²) in [5.74, 6) is 0.768. The highest BCUT2D eigenvalue weighted by molar-refractivity contribution is 7.99. The van der Waals surface area contributed by atoms with Gasteiger partial charge in [-0.15, -0.1) is 0 Å². The van der Waals surface area contributed by atoms with E-state index in [2.05, 4.69) is 16.4 Å². The van der Waals surface area contributed by atoms with E-state index in [1.807, 2.05) is 6.92 Å². The van der Waals surface area contributed by atoms with Gasteiger partial charge in [-0.3, -0.25) is 14.2 Å². The zero-order valence-corrected chi connectivity index (χ0v) is 15.0. The van der Waals surface area contributed by atoms with Crippen molar-refractivity contribution in [3.63, 3.8) is 0 Å². The number of hydrogen-bond acceptors (Lipinski definition) is 4. The summed E-state index contributed by atoms with van der Waals surface area (Å²) < 4.78 is 1.69. The number of allylic oxidation sites excluding steroid dienone is 1. The number of nitrogens with one attached hydrogen (secondary N) is 1. The standard InChI is InChI=1S/C18H25N3O2S/c1-2-14-10-17(23)21-15(12-24-18(21)20-14)11-16(22)19-9-8-13-6-4-3-5-7-13/h6,10,15H,2-5,7-9,11-12H2,1H3,(H,19,22). The van der Waals surface area contributed by atoms with Gasteiger partial charge in [0.15, 0.2) is 5.16 Å². The summed E-state index contributed by atoms with van der Waals surface area (Å²) in [4.78, 5) is 29.0. The highest BCUT2D eigenvalue weighted by Gasteiger charge is 2.27. The normalized spacial score (nSPS) is 19.7. The lowest BCUT2D eigenvalue weighted by Crippen LogP contribution is -2.31. The van der Waals surface area contributed by atoms with Gasteiger partial charge in [0.2, 0.25) is 5.91 Å². The fourth-order valence-corrected chi connectivity index (χ4v) is 4.48. The topological polar surface area (TPSA) is 64.0 Å². The van der Waals surface area contributed by atoms with Gasteiger partial charge in [-0.2, -0.15) is 0 Å². The molecule has 0 bridgehead atoms. The first kappa shape index (κ1) is 17.3. The fourth-order valence-electron chi connectivity index (χ4n) is 3.31. The average molecular weight is 347 g/mol. The average Bonchev–Trinajstić information content (AvgIpc) is 2.99. The molecule has 1 atom stereocenters. The van der Waals surface area contributed by atoms with Crippen LogP contribution in [-0.4, -0.2) is 27.8 Å². The van der Waals surface area contributed by atoms with E-state index >= 15 is 0 Å². The molecular formula is C18H25N3O2S. The predicted octanol–water partition coefficient (Wildman–Crippen LogP) is 2.85. The van der Waals surface area contributed by atoms with Crippen molar-refractivity contribution in [1.29, 1.82) is 0 Å². The number of carbonyl (C=O) groups excluding carboxylic acids is 1. The molecule has 1 aliphatic heterocycles. The van der Waals surface area contributed by atoms with Gasteiger partial charge in [-0.05, 0) is 38.5 Å². The fraction of sp³-hybridized carbons (Fsp3) is 0.611. The maximum absolute atomic E-state index is 12.3. The van der Waals surface area contributed by atoms with E-state index in [0.717, 1.165) is 29.4 Å². The number of thioether (sulfide) groups is 1. The summed E-state index contributed by atoms with van der Waals surface area (Å²) in [5, 5.41) is 3.76. The van der Waals surface area contributed by atoms with Crippen LogP contribution in [0.5, 0.6) is 0 Å². The lowest BCUT2D eigenvalue weighted by molar-refractivity contribution is -0.121. The van der Waals surface area contributed by atoms with Crippen LogP contribution in [0.1, 0.15) is 57.2 Å². The largest absolute Gasteiger partial charge is 0.356 e. The number of rotatable bonds is 6. The molecule has 1 aromatic rings. The van der Waals surface area contributed by atoms with E-state index in [-0.39, 0.29) is 17.5 Å². The summed E-state index contributed by atoms with van der Waals surface area (Å²) in [6.45, 7) is 2.68. The third-order valence-corrected chi connectivity index (χ3v) is 5.78. The van der Waals surface area contributed by atoms with Crippen LogP contribution in [0.3, 0.4) is 0 Å². The van der Waals surface area contributed by atoms with Crippen molar-refractivity contribution in [3.8, 4) is 0 Å². The second kappa shape index (κ2) is 8.01. The van der Waals surface area contributed by atoms with Gasteiger partial charge >= 0.3 is 0 Å². The Morgan fingerprint density at radius 2 is 2.33 bits per heavy atom. The number of nitrogens with zero attached hydrogens (tertiary/aromatic N) is 2. The zero-order valence-electron chi connectivity index (χ0n) is 14.2. The Morgan fingerprint density at radius 3 is 3.08 bits per heavy atom. The molecule has 24 heavy (non-hydrogen) atoms. The Hall–Kier alpha value is -1.56. The Morgan fingerprint density at radius 1 is 1.46 bits per heavy atom. The molecular weight excluding hydrogens is 322 g/mol. The molecule has 1 N–H and O–H groups in total. The number of aromatic nitrogens is 2. The molecule has 0 saturated heterocycles. The van der Waals surface area contributed by atoms with Gasteiger partial charge < -0.3 is 5.32 Å². The Bertz CT molecular complexity index is 696. The monoisotopic (exact) mass is 347 g/mol. The summed E-state index contributed by atoms with van der Waals surface area (Å²) in [6.07, 6.45) is 9.27. The summed E-state index contributed by atoms with van der Waals surface area (Å²) >= 11 is 1.57. The lowest BCUT2D eigenvalue weighted by atomic mass is 9.97. The summed E-state index contributed by atoms with van der Waals surface area (Å²) in [6, 6.07) is 1.51. The molecule has 0 spiro atoms. The first-order valence-corrected chi connectivity index (χ1v) is 9.85. The van der Waals surface area contributed by atoms with Crippen molar-refractivity contribution in [2.24, 2.45) is 0 Å². The van der Waals surface area contributed by atoms with Crippen LogP contribution in [0.25, 0.3) is 0 Å². The van der Waals surface area contributed by atoms with E-state index < -0.39 is 0 Å². The third-order valence-electron chi connectivity index (χ3n) is 4.68. The molecule has 1 amide bonds. The lowest BCUT2D eigenvalue weighted by Gasteiger charge is -2.15. The SMILES string of the molecule is CCc1cc(=O)n2c(n1)SCC2CC(=O)NCCC1=CCCCC1. The van der Waals surface area contributed by atoms with Crippen molar-refractivity contribution in [2.45, 2.75) is 63.1 Å². The number of fused-ring (bicyclic) bond motifs is 1.